The summed E-state index contributed by atoms with van der Waals surface area (Å²) in [5, 5.41) is 4.50. The zero-order valence-corrected chi connectivity index (χ0v) is 8.65. The smallest absolute Gasteiger partial charge is 0.222 e. The fourth-order valence-electron chi connectivity index (χ4n) is 1.22. The van der Waals surface area contributed by atoms with Crippen LogP contribution < -0.4 is 0 Å². The second-order valence-electron chi connectivity index (χ2n) is 3.05. The van der Waals surface area contributed by atoms with E-state index in [0.717, 1.165) is 17.0 Å². The van der Waals surface area contributed by atoms with Crippen molar-refractivity contribution >= 4 is 11.6 Å². The quantitative estimate of drug-likeness (QED) is 0.672. The molecule has 2 rings (SSSR count). The van der Waals surface area contributed by atoms with Crippen LogP contribution in [0.3, 0.4) is 0 Å². The number of hydrogen-bond donors (Lipinski definition) is 0. The lowest BCUT2D eigenvalue weighted by Gasteiger charge is -2.00. The van der Waals surface area contributed by atoms with E-state index in [1.807, 2.05) is 26.2 Å². The van der Waals surface area contributed by atoms with E-state index in [2.05, 4.69) is 15.1 Å². The molecule has 4 nitrogen and oxygen atoms in total. The molecule has 2 aromatic rings. The van der Waals surface area contributed by atoms with Gasteiger partial charge in [0, 0.05) is 19.4 Å². The molecule has 0 aliphatic rings. The van der Waals surface area contributed by atoms with Crippen molar-refractivity contribution in [3.05, 3.63) is 29.3 Å². The Labute approximate surface area is 86.6 Å². The van der Waals surface area contributed by atoms with Gasteiger partial charge in [-0.2, -0.15) is 5.10 Å². The summed E-state index contributed by atoms with van der Waals surface area (Å²) in [6, 6.07) is 1.89. The molecule has 2 heterocycles. The molecule has 0 radical (unpaired) electrons. The van der Waals surface area contributed by atoms with E-state index in [1.165, 1.54) is 0 Å². The average molecular weight is 209 g/mol. The molecule has 0 aliphatic heterocycles. The van der Waals surface area contributed by atoms with Crippen molar-refractivity contribution in [3.8, 4) is 11.4 Å². The molecule has 5 heteroatoms. The standard InChI is InChI=1S/C9H9ClN4/c1-6-5-11-9(10)12-8(6)7-3-4-14(2)13-7/h3-5H,1-2H3. The van der Waals surface area contributed by atoms with Gasteiger partial charge < -0.3 is 0 Å². The molecule has 0 aromatic carbocycles. The van der Waals surface area contributed by atoms with Crippen LogP contribution in [-0.4, -0.2) is 19.7 Å². The van der Waals surface area contributed by atoms with Crippen LogP contribution in [0.1, 0.15) is 5.56 Å². The minimum absolute atomic E-state index is 0.247. The average Bonchev–Trinajstić information content (AvgIpc) is 2.56. The number of hydrogen-bond acceptors (Lipinski definition) is 3. The zero-order chi connectivity index (χ0) is 10.1. The first-order valence-electron chi connectivity index (χ1n) is 4.16. The number of halogens is 1. The Bertz CT molecular complexity index is 464. The largest absolute Gasteiger partial charge is 0.275 e. The van der Waals surface area contributed by atoms with E-state index in [-0.39, 0.29) is 5.28 Å². The minimum Gasteiger partial charge on any atom is -0.275 e. The lowest BCUT2D eigenvalue weighted by molar-refractivity contribution is 0.769. The molecule has 0 saturated carbocycles. The normalized spacial score (nSPS) is 10.5. The first-order valence-corrected chi connectivity index (χ1v) is 4.54. The summed E-state index contributed by atoms with van der Waals surface area (Å²) in [6.45, 7) is 1.93. The van der Waals surface area contributed by atoms with Crippen LogP contribution in [0.15, 0.2) is 18.5 Å². The van der Waals surface area contributed by atoms with Gasteiger partial charge in [0.25, 0.3) is 0 Å². The van der Waals surface area contributed by atoms with Crippen molar-refractivity contribution in [3.63, 3.8) is 0 Å². The van der Waals surface area contributed by atoms with Crippen LogP contribution in [0.5, 0.6) is 0 Å². The molecule has 0 fully saturated rings. The zero-order valence-electron chi connectivity index (χ0n) is 7.90. The van der Waals surface area contributed by atoms with Gasteiger partial charge in [-0.25, -0.2) is 9.97 Å². The number of aromatic nitrogens is 4. The van der Waals surface area contributed by atoms with Gasteiger partial charge in [-0.05, 0) is 30.2 Å². The first-order chi connectivity index (χ1) is 6.66. The summed E-state index contributed by atoms with van der Waals surface area (Å²) in [4.78, 5) is 8.03. The van der Waals surface area contributed by atoms with Crippen molar-refractivity contribution in [2.75, 3.05) is 0 Å². The maximum atomic E-state index is 5.72. The Morgan fingerprint density at radius 3 is 2.86 bits per heavy atom. The van der Waals surface area contributed by atoms with Crippen LogP contribution in [0.25, 0.3) is 11.4 Å². The van der Waals surface area contributed by atoms with E-state index >= 15 is 0 Å². The predicted octanol–water partition coefficient (Wildman–Crippen LogP) is 1.84. The fourth-order valence-corrected chi connectivity index (χ4v) is 1.35. The maximum absolute atomic E-state index is 5.72. The summed E-state index contributed by atoms with van der Waals surface area (Å²) >= 11 is 5.72. The topological polar surface area (TPSA) is 43.6 Å². The fraction of sp³-hybridized carbons (Fsp3) is 0.222. The van der Waals surface area contributed by atoms with Crippen LogP contribution in [0.4, 0.5) is 0 Å². The number of nitrogens with zero attached hydrogens (tertiary/aromatic N) is 4. The monoisotopic (exact) mass is 208 g/mol. The highest BCUT2D eigenvalue weighted by molar-refractivity contribution is 6.28. The van der Waals surface area contributed by atoms with Crippen LogP contribution in [0, 0.1) is 6.92 Å². The van der Waals surface area contributed by atoms with Crippen molar-refractivity contribution in [2.24, 2.45) is 7.05 Å². The van der Waals surface area contributed by atoms with E-state index in [4.69, 9.17) is 11.6 Å². The molecule has 14 heavy (non-hydrogen) atoms. The predicted molar refractivity (Wildman–Crippen MR) is 54.0 cm³/mol. The highest BCUT2D eigenvalue weighted by Crippen LogP contribution is 2.19. The van der Waals surface area contributed by atoms with Crippen molar-refractivity contribution in [1.82, 2.24) is 19.7 Å². The molecule has 0 bridgehead atoms. The SMILES string of the molecule is Cc1cnc(Cl)nc1-c1ccn(C)n1. The van der Waals surface area contributed by atoms with Gasteiger partial charge >= 0.3 is 0 Å². The molecule has 2 aromatic heterocycles. The van der Waals surface area contributed by atoms with E-state index < -0.39 is 0 Å². The Morgan fingerprint density at radius 2 is 2.21 bits per heavy atom. The van der Waals surface area contributed by atoms with Crippen LogP contribution in [-0.2, 0) is 7.05 Å². The van der Waals surface area contributed by atoms with Gasteiger partial charge in [0.2, 0.25) is 5.28 Å². The second kappa shape index (κ2) is 3.38. The summed E-state index contributed by atoms with van der Waals surface area (Å²) in [5.74, 6) is 0. The Balaban J connectivity index is 2.55. The lowest BCUT2D eigenvalue weighted by atomic mass is 10.2. The van der Waals surface area contributed by atoms with Gasteiger partial charge in [0.1, 0.15) is 5.69 Å². The molecule has 0 aliphatic carbocycles. The highest BCUT2D eigenvalue weighted by atomic mass is 35.5. The summed E-state index contributed by atoms with van der Waals surface area (Å²) in [6.07, 6.45) is 3.56. The van der Waals surface area contributed by atoms with Crippen LogP contribution >= 0.6 is 11.6 Å². The molecule has 72 valence electrons. The molecule has 0 spiro atoms. The number of rotatable bonds is 1. The Morgan fingerprint density at radius 1 is 1.43 bits per heavy atom. The van der Waals surface area contributed by atoms with Gasteiger partial charge in [0.05, 0.1) is 5.69 Å². The van der Waals surface area contributed by atoms with Gasteiger partial charge in [-0.3, -0.25) is 4.68 Å². The summed E-state index contributed by atoms with van der Waals surface area (Å²) in [5.41, 5.74) is 2.56. The third kappa shape index (κ3) is 1.61. The minimum atomic E-state index is 0.247. The van der Waals surface area contributed by atoms with E-state index in [0.29, 0.717) is 0 Å². The van der Waals surface area contributed by atoms with Crippen LogP contribution in [0.2, 0.25) is 5.28 Å². The van der Waals surface area contributed by atoms with E-state index in [9.17, 15) is 0 Å². The van der Waals surface area contributed by atoms with Gasteiger partial charge in [0.15, 0.2) is 0 Å². The molecule has 0 atom stereocenters. The van der Waals surface area contributed by atoms with Crippen molar-refractivity contribution in [2.45, 2.75) is 6.92 Å². The molecule has 0 unspecified atom stereocenters. The van der Waals surface area contributed by atoms with E-state index in [1.54, 1.807) is 10.9 Å². The van der Waals surface area contributed by atoms with Gasteiger partial charge in [-0.15, -0.1) is 0 Å². The lowest BCUT2D eigenvalue weighted by Crippen LogP contribution is -1.94. The third-order valence-electron chi connectivity index (χ3n) is 1.90. The molecular formula is C9H9ClN4. The first kappa shape index (κ1) is 9.15. The molecule has 0 saturated heterocycles. The highest BCUT2D eigenvalue weighted by Gasteiger charge is 2.07. The molecule has 0 N–H and O–H groups in total. The molecular weight excluding hydrogens is 200 g/mol. The second-order valence-corrected chi connectivity index (χ2v) is 3.38. The molecule has 0 amide bonds. The Kier molecular flexibility index (Phi) is 2.21. The summed E-state index contributed by atoms with van der Waals surface area (Å²) < 4.78 is 1.73. The Hall–Kier alpha value is -1.42. The van der Waals surface area contributed by atoms with Crippen molar-refractivity contribution < 1.29 is 0 Å². The third-order valence-corrected chi connectivity index (χ3v) is 2.08. The number of aryl methyl sites for hydroxylation is 2. The maximum Gasteiger partial charge on any atom is 0.222 e. The van der Waals surface area contributed by atoms with Crippen molar-refractivity contribution in [1.29, 1.82) is 0 Å². The summed E-state index contributed by atoms with van der Waals surface area (Å²) in [7, 11) is 1.86. The van der Waals surface area contributed by atoms with Gasteiger partial charge in [-0.1, -0.05) is 0 Å².